The molecule has 7 N–H and O–H groups in total. The topological polar surface area (TPSA) is 166 Å². The number of fused-ring (bicyclic) bond motifs is 1. The predicted molar refractivity (Wildman–Crippen MR) is 158 cm³/mol. The SMILES string of the molecule is CCC(C)C(N)C(=O)NC(Cc1c[nH]c2ccccc12)C(=O)NC(Cc1ccccc1)C(=O)NC(C(=O)O)C(C)C. The molecule has 0 radical (unpaired) electrons. The van der Waals surface area contributed by atoms with Gasteiger partial charge in [-0.2, -0.15) is 0 Å². The maximum Gasteiger partial charge on any atom is 0.326 e. The molecule has 2 aromatic carbocycles. The van der Waals surface area contributed by atoms with Crippen LogP contribution >= 0.6 is 0 Å². The van der Waals surface area contributed by atoms with Crippen LogP contribution in [0.3, 0.4) is 0 Å². The number of carbonyl (C=O) groups is 4. The molecular weight excluding hydrogens is 522 g/mol. The van der Waals surface area contributed by atoms with Gasteiger partial charge in [0.2, 0.25) is 17.7 Å². The van der Waals surface area contributed by atoms with Crippen molar-refractivity contribution in [2.45, 2.75) is 71.1 Å². The molecular formula is C31H41N5O5. The van der Waals surface area contributed by atoms with Crippen LogP contribution in [-0.4, -0.2) is 57.9 Å². The van der Waals surface area contributed by atoms with Gasteiger partial charge >= 0.3 is 5.97 Å². The molecule has 0 aliphatic rings. The lowest BCUT2D eigenvalue weighted by Gasteiger charge is -2.27. The summed E-state index contributed by atoms with van der Waals surface area (Å²) in [6.07, 6.45) is 2.76. The van der Waals surface area contributed by atoms with Crippen LogP contribution in [0.2, 0.25) is 0 Å². The summed E-state index contributed by atoms with van der Waals surface area (Å²) in [4.78, 5) is 55.2. The van der Waals surface area contributed by atoms with Crippen LogP contribution in [0.4, 0.5) is 0 Å². The maximum atomic E-state index is 13.8. The van der Waals surface area contributed by atoms with E-state index in [-0.39, 0.29) is 24.7 Å². The molecule has 3 amide bonds. The zero-order valence-electron chi connectivity index (χ0n) is 24.0. The van der Waals surface area contributed by atoms with E-state index in [9.17, 15) is 24.3 Å². The lowest BCUT2D eigenvalue weighted by atomic mass is 9.97. The Morgan fingerprint density at radius 1 is 0.829 bits per heavy atom. The van der Waals surface area contributed by atoms with E-state index in [1.807, 2.05) is 68.4 Å². The Kier molecular flexibility index (Phi) is 11.0. The molecule has 10 heteroatoms. The number of aromatic nitrogens is 1. The van der Waals surface area contributed by atoms with E-state index in [1.165, 1.54) is 0 Å². The third kappa shape index (κ3) is 8.40. The summed E-state index contributed by atoms with van der Waals surface area (Å²) in [5.74, 6) is -3.31. The van der Waals surface area contributed by atoms with Gasteiger partial charge in [-0.1, -0.05) is 82.6 Å². The normalized spacial score (nSPS) is 15.0. The molecule has 5 unspecified atom stereocenters. The largest absolute Gasteiger partial charge is 0.480 e. The highest BCUT2D eigenvalue weighted by molar-refractivity contribution is 5.95. The van der Waals surface area contributed by atoms with Crippen LogP contribution in [0.25, 0.3) is 10.9 Å². The second kappa shape index (κ2) is 14.5. The molecule has 0 aliphatic carbocycles. The van der Waals surface area contributed by atoms with Crippen molar-refractivity contribution >= 4 is 34.6 Å². The molecule has 3 aromatic rings. The molecule has 10 nitrogen and oxygen atoms in total. The molecule has 3 rings (SSSR count). The second-order valence-corrected chi connectivity index (χ2v) is 10.9. The van der Waals surface area contributed by atoms with Crippen LogP contribution in [0.5, 0.6) is 0 Å². The quantitative estimate of drug-likeness (QED) is 0.176. The van der Waals surface area contributed by atoms with E-state index < -0.39 is 47.9 Å². The molecule has 0 spiro atoms. The summed E-state index contributed by atoms with van der Waals surface area (Å²) < 4.78 is 0. The third-order valence-corrected chi connectivity index (χ3v) is 7.44. The van der Waals surface area contributed by atoms with Gasteiger partial charge in [0, 0.05) is 29.9 Å². The van der Waals surface area contributed by atoms with Crippen molar-refractivity contribution < 1.29 is 24.3 Å². The first kappa shape index (κ1) is 31.3. The Morgan fingerprint density at radius 2 is 1.41 bits per heavy atom. The Morgan fingerprint density at radius 3 is 2.05 bits per heavy atom. The van der Waals surface area contributed by atoms with Crippen molar-refractivity contribution in [3.63, 3.8) is 0 Å². The highest BCUT2D eigenvalue weighted by atomic mass is 16.4. The Balaban J connectivity index is 1.90. The van der Waals surface area contributed by atoms with Crippen molar-refractivity contribution in [2.75, 3.05) is 0 Å². The van der Waals surface area contributed by atoms with E-state index >= 15 is 0 Å². The van der Waals surface area contributed by atoms with Crippen molar-refractivity contribution in [1.29, 1.82) is 0 Å². The first-order valence-corrected chi connectivity index (χ1v) is 14.0. The van der Waals surface area contributed by atoms with Gasteiger partial charge in [-0.3, -0.25) is 14.4 Å². The molecule has 0 saturated heterocycles. The zero-order valence-corrected chi connectivity index (χ0v) is 24.0. The number of aromatic amines is 1. The van der Waals surface area contributed by atoms with E-state index in [2.05, 4.69) is 20.9 Å². The minimum atomic E-state index is -1.17. The number of carboxylic acid groups (broad SMARTS) is 1. The monoisotopic (exact) mass is 563 g/mol. The number of amides is 3. The fourth-order valence-electron chi connectivity index (χ4n) is 4.61. The second-order valence-electron chi connectivity index (χ2n) is 10.9. The predicted octanol–water partition coefficient (Wildman–Crippen LogP) is 2.52. The number of nitrogens with two attached hydrogens (primary N) is 1. The molecule has 1 heterocycles. The molecule has 220 valence electrons. The summed E-state index contributed by atoms with van der Waals surface area (Å²) in [5.41, 5.74) is 8.66. The standard InChI is InChI=1S/C31H41N5O5/c1-5-19(4)26(32)30(39)35-25(16-21-17-33-23-14-10-9-13-22(21)23)28(37)34-24(15-20-11-7-6-8-12-20)29(38)36-27(18(2)3)31(40)41/h6-14,17-19,24-27,33H,5,15-16,32H2,1-4H3,(H,34,37)(H,35,39)(H,36,38)(H,40,41). The number of aliphatic carboxylic acids is 1. The van der Waals surface area contributed by atoms with Gasteiger partial charge in [0.15, 0.2) is 0 Å². The number of benzene rings is 2. The van der Waals surface area contributed by atoms with Crippen LogP contribution in [0, 0.1) is 11.8 Å². The van der Waals surface area contributed by atoms with E-state index in [0.29, 0.717) is 6.42 Å². The highest BCUT2D eigenvalue weighted by Gasteiger charge is 2.32. The van der Waals surface area contributed by atoms with E-state index in [1.54, 1.807) is 20.0 Å². The Bertz CT molecular complexity index is 1340. The average molecular weight is 564 g/mol. The van der Waals surface area contributed by atoms with Crippen LogP contribution in [0.1, 0.15) is 45.2 Å². The van der Waals surface area contributed by atoms with E-state index in [0.717, 1.165) is 22.0 Å². The van der Waals surface area contributed by atoms with Crippen molar-refractivity contribution in [2.24, 2.45) is 17.6 Å². The lowest BCUT2D eigenvalue weighted by Crippen LogP contribution is -2.59. The summed E-state index contributed by atoms with van der Waals surface area (Å²) >= 11 is 0. The number of hydrogen-bond acceptors (Lipinski definition) is 5. The number of hydrogen-bond donors (Lipinski definition) is 6. The minimum Gasteiger partial charge on any atom is -0.480 e. The lowest BCUT2D eigenvalue weighted by molar-refractivity contribution is -0.143. The van der Waals surface area contributed by atoms with Crippen molar-refractivity contribution in [1.82, 2.24) is 20.9 Å². The van der Waals surface area contributed by atoms with Crippen LogP contribution in [0.15, 0.2) is 60.8 Å². The van der Waals surface area contributed by atoms with Gasteiger partial charge < -0.3 is 31.8 Å². The molecule has 5 atom stereocenters. The van der Waals surface area contributed by atoms with Gasteiger partial charge in [0.1, 0.15) is 18.1 Å². The van der Waals surface area contributed by atoms with Gasteiger partial charge in [0.25, 0.3) is 0 Å². The van der Waals surface area contributed by atoms with Gasteiger partial charge in [0.05, 0.1) is 6.04 Å². The number of carbonyl (C=O) groups excluding carboxylic acids is 3. The highest BCUT2D eigenvalue weighted by Crippen LogP contribution is 2.20. The van der Waals surface area contributed by atoms with Gasteiger partial charge in [-0.05, 0) is 29.0 Å². The Labute approximate surface area is 240 Å². The van der Waals surface area contributed by atoms with Crippen LogP contribution in [-0.2, 0) is 32.0 Å². The van der Waals surface area contributed by atoms with Crippen molar-refractivity contribution in [3.05, 3.63) is 71.9 Å². The smallest absolute Gasteiger partial charge is 0.326 e. The number of para-hydroxylation sites is 1. The maximum absolute atomic E-state index is 13.8. The Hall–Kier alpha value is -4.18. The van der Waals surface area contributed by atoms with Crippen LogP contribution < -0.4 is 21.7 Å². The summed E-state index contributed by atoms with van der Waals surface area (Å²) in [6.45, 7) is 7.18. The molecule has 0 fully saturated rings. The number of H-pyrrole nitrogens is 1. The van der Waals surface area contributed by atoms with E-state index in [4.69, 9.17) is 5.73 Å². The fraction of sp³-hybridized carbons (Fsp3) is 0.419. The first-order chi connectivity index (χ1) is 19.5. The minimum absolute atomic E-state index is 0.104. The average Bonchev–Trinajstić information content (AvgIpc) is 3.36. The third-order valence-electron chi connectivity index (χ3n) is 7.44. The van der Waals surface area contributed by atoms with Gasteiger partial charge in [-0.15, -0.1) is 0 Å². The fourth-order valence-corrected chi connectivity index (χ4v) is 4.61. The summed E-state index contributed by atoms with van der Waals surface area (Å²) in [5, 5.41) is 18.7. The summed E-state index contributed by atoms with van der Waals surface area (Å²) in [7, 11) is 0. The summed E-state index contributed by atoms with van der Waals surface area (Å²) in [6, 6.07) is 12.7. The molecule has 0 aliphatic heterocycles. The molecule has 1 aromatic heterocycles. The molecule has 41 heavy (non-hydrogen) atoms. The first-order valence-electron chi connectivity index (χ1n) is 14.0. The number of rotatable bonds is 14. The number of carboxylic acids is 1. The van der Waals surface area contributed by atoms with Gasteiger partial charge in [-0.25, -0.2) is 4.79 Å². The zero-order chi connectivity index (χ0) is 30.1. The molecule has 0 bridgehead atoms. The number of nitrogens with one attached hydrogen (secondary N) is 4. The molecule has 0 saturated carbocycles. The van der Waals surface area contributed by atoms with Crippen molar-refractivity contribution in [3.8, 4) is 0 Å².